The zero-order chi connectivity index (χ0) is 20.1. The fourth-order valence-corrected chi connectivity index (χ4v) is 3.21. The molecule has 0 heterocycles. The zero-order valence-corrected chi connectivity index (χ0v) is 15.7. The first-order chi connectivity index (χ1) is 13.5. The number of hydrogen-bond donors (Lipinski definition) is 1. The summed E-state index contributed by atoms with van der Waals surface area (Å²) >= 11 is 0. The van der Waals surface area contributed by atoms with Crippen LogP contribution in [0.2, 0.25) is 0 Å². The van der Waals surface area contributed by atoms with Crippen LogP contribution in [0.1, 0.15) is 29.0 Å². The molecule has 0 aliphatic rings. The van der Waals surface area contributed by atoms with Crippen LogP contribution in [-0.2, 0) is 4.79 Å². The normalized spacial score (nSPS) is 11.7. The van der Waals surface area contributed by atoms with E-state index in [0.29, 0.717) is 0 Å². The number of carbonyl (C=O) groups excluding carboxylic acids is 1. The van der Waals surface area contributed by atoms with Crippen molar-refractivity contribution in [1.29, 1.82) is 0 Å². The monoisotopic (exact) mass is 381 g/mol. The number of aryl methyl sites for hydroxylation is 1. The lowest BCUT2D eigenvalue weighted by atomic mass is 9.87. The number of ether oxygens (including phenoxy) is 1. The van der Waals surface area contributed by atoms with Gasteiger partial charge >= 0.3 is 0 Å². The SMILES string of the molecule is COc1c(F)cccc1NC(=O)CC(c1ccc(F)cc1)c1cccc(C)c1. The lowest BCUT2D eigenvalue weighted by Gasteiger charge is -2.19. The highest BCUT2D eigenvalue weighted by Gasteiger charge is 2.20. The second-order valence-corrected chi connectivity index (χ2v) is 6.59. The van der Waals surface area contributed by atoms with Crippen LogP contribution < -0.4 is 10.1 Å². The van der Waals surface area contributed by atoms with Gasteiger partial charge in [-0.25, -0.2) is 8.78 Å². The number of halogens is 2. The number of benzene rings is 3. The third-order valence-corrected chi connectivity index (χ3v) is 4.55. The topological polar surface area (TPSA) is 38.3 Å². The highest BCUT2D eigenvalue weighted by atomic mass is 19.1. The molecule has 5 heteroatoms. The maximum atomic E-state index is 13.9. The molecule has 1 unspecified atom stereocenters. The first-order valence-corrected chi connectivity index (χ1v) is 8.92. The Labute approximate surface area is 163 Å². The highest BCUT2D eigenvalue weighted by molar-refractivity contribution is 5.93. The maximum Gasteiger partial charge on any atom is 0.225 e. The summed E-state index contributed by atoms with van der Waals surface area (Å²) in [5.41, 5.74) is 3.12. The Hall–Kier alpha value is -3.21. The minimum absolute atomic E-state index is 0.00950. The largest absolute Gasteiger partial charge is 0.492 e. The van der Waals surface area contributed by atoms with Crippen LogP contribution >= 0.6 is 0 Å². The average Bonchev–Trinajstić information content (AvgIpc) is 2.67. The van der Waals surface area contributed by atoms with Crippen molar-refractivity contribution < 1.29 is 18.3 Å². The first kappa shape index (κ1) is 19.5. The number of methoxy groups -OCH3 is 1. The van der Waals surface area contributed by atoms with Crippen molar-refractivity contribution in [3.05, 3.63) is 95.1 Å². The van der Waals surface area contributed by atoms with Crippen LogP contribution in [0.15, 0.2) is 66.7 Å². The van der Waals surface area contributed by atoms with Crippen LogP contribution in [-0.4, -0.2) is 13.0 Å². The molecule has 3 nitrogen and oxygen atoms in total. The van der Waals surface area contributed by atoms with Crippen LogP contribution in [0, 0.1) is 18.6 Å². The van der Waals surface area contributed by atoms with E-state index in [1.54, 1.807) is 18.2 Å². The number of rotatable bonds is 6. The molecule has 0 fully saturated rings. The summed E-state index contributed by atoms with van der Waals surface area (Å²) in [5.74, 6) is -1.45. The molecule has 1 amide bonds. The Morgan fingerprint density at radius 2 is 1.71 bits per heavy atom. The van der Waals surface area contributed by atoms with Gasteiger partial charge in [-0.3, -0.25) is 4.79 Å². The van der Waals surface area contributed by atoms with Gasteiger partial charge in [0.25, 0.3) is 0 Å². The molecule has 28 heavy (non-hydrogen) atoms. The molecule has 3 rings (SSSR count). The third-order valence-electron chi connectivity index (χ3n) is 4.55. The second-order valence-electron chi connectivity index (χ2n) is 6.59. The molecule has 0 aliphatic heterocycles. The van der Waals surface area contributed by atoms with Crippen LogP contribution in [0.5, 0.6) is 5.75 Å². The van der Waals surface area contributed by atoms with E-state index in [1.807, 2.05) is 31.2 Å². The minimum atomic E-state index is -0.547. The molecule has 0 bridgehead atoms. The summed E-state index contributed by atoms with van der Waals surface area (Å²) in [7, 11) is 1.35. The smallest absolute Gasteiger partial charge is 0.225 e. The van der Waals surface area contributed by atoms with E-state index in [2.05, 4.69) is 5.32 Å². The van der Waals surface area contributed by atoms with E-state index in [1.165, 1.54) is 31.4 Å². The van der Waals surface area contributed by atoms with E-state index < -0.39 is 5.82 Å². The molecule has 0 saturated heterocycles. The Morgan fingerprint density at radius 3 is 2.39 bits per heavy atom. The van der Waals surface area contributed by atoms with Crippen LogP contribution in [0.25, 0.3) is 0 Å². The van der Waals surface area contributed by atoms with Gasteiger partial charge in [-0.2, -0.15) is 0 Å². The van der Waals surface area contributed by atoms with Gasteiger partial charge in [0.15, 0.2) is 11.6 Å². The van der Waals surface area contributed by atoms with Crippen molar-refractivity contribution in [2.45, 2.75) is 19.3 Å². The lowest BCUT2D eigenvalue weighted by molar-refractivity contribution is -0.116. The molecule has 1 N–H and O–H groups in total. The summed E-state index contributed by atoms with van der Waals surface area (Å²) in [5, 5.41) is 2.72. The van der Waals surface area contributed by atoms with E-state index in [4.69, 9.17) is 4.74 Å². The fraction of sp³-hybridized carbons (Fsp3) is 0.174. The van der Waals surface area contributed by atoms with Gasteiger partial charge in [-0.1, -0.05) is 48.0 Å². The van der Waals surface area contributed by atoms with Crippen LogP contribution in [0.3, 0.4) is 0 Å². The van der Waals surface area contributed by atoms with Crippen molar-refractivity contribution in [2.24, 2.45) is 0 Å². The summed E-state index contributed by atoms with van der Waals surface area (Å²) in [6.45, 7) is 1.98. The first-order valence-electron chi connectivity index (χ1n) is 8.92. The molecule has 144 valence electrons. The Kier molecular flexibility index (Phi) is 6.04. The predicted octanol–water partition coefficient (Wildman–Crippen LogP) is 5.44. The third kappa shape index (κ3) is 4.55. The molecule has 1 atom stereocenters. The molecule has 0 saturated carbocycles. The standard InChI is InChI=1S/C23H21F2NO2/c1-15-5-3-6-17(13-15)19(16-9-11-18(24)12-10-16)14-22(27)26-21-8-4-7-20(25)23(21)28-2/h3-13,19H,14H2,1-2H3,(H,26,27). The molecular formula is C23H21F2NO2. The van der Waals surface area contributed by atoms with Crippen LogP contribution in [0.4, 0.5) is 14.5 Å². The Balaban J connectivity index is 1.88. The van der Waals surface area contributed by atoms with E-state index in [9.17, 15) is 13.6 Å². The molecule has 0 radical (unpaired) electrons. The van der Waals surface area contributed by atoms with Crippen molar-refractivity contribution in [2.75, 3.05) is 12.4 Å². The fourth-order valence-electron chi connectivity index (χ4n) is 3.21. The van der Waals surface area contributed by atoms with Crippen molar-refractivity contribution in [1.82, 2.24) is 0 Å². The molecule has 0 aliphatic carbocycles. The minimum Gasteiger partial charge on any atom is -0.492 e. The van der Waals surface area contributed by atoms with Gasteiger partial charge in [0, 0.05) is 12.3 Å². The molecular weight excluding hydrogens is 360 g/mol. The number of hydrogen-bond acceptors (Lipinski definition) is 2. The lowest BCUT2D eigenvalue weighted by Crippen LogP contribution is -2.17. The summed E-state index contributed by atoms with van der Waals surface area (Å²) in [6.07, 6.45) is 0.120. The van der Waals surface area contributed by atoms with Gasteiger partial charge < -0.3 is 10.1 Å². The zero-order valence-electron chi connectivity index (χ0n) is 15.7. The maximum absolute atomic E-state index is 13.9. The average molecular weight is 381 g/mol. The molecule has 3 aromatic carbocycles. The molecule has 3 aromatic rings. The van der Waals surface area contributed by atoms with Gasteiger partial charge in [0.2, 0.25) is 5.91 Å². The summed E-state index contributed by atoms with van der Waals surface area (Å²) in [6, 6.07) is 18.3. The number of carbonyl (C=O) groups is 1. The summed E-state index contributed by atoms with van der Waals surface area (Å²) < 4.78 is 32.3. The quantitative estimate of drug-likeness (QED) is 0.617. The van der Waals surface area contributed by atoms with Gasteiger partial charge in [-0.05, 0) is 42.3 Å². The number of para-hydroxylation sites is 1. The van der Waals surface area contributed by atoms with E-state index in [-0.39, 0.29) is 35.5 Å². The Bertz CT molecular complexity index is 971. The van der Waals surface area contributed by atoms with Crippen molar-refractivity contribution >= 4 is 11.6 Å². The highest BCUT2D eigenvalue weighted by Crippen LogP contribution is 2.31. The Morgan fingerprint density at radius 1 is 1.00 bits per heavy atom. The number of amides is 1. The summed E-state index contributed by atoms with van der Waals surface area (Å²) in [4.78, 5) is 12.7. The predicted molar refractivity (Wildman–Crippen MR) is 106 cm³/mol. The molecule has 0 spiro atoms. The second kappa shape index (κ2) is 8.65. The van der Waals surface area contributed by atoms with Crippen molar-refractivity contribution in [3.63, 3.8) is 0 Å². The number of nitrogens with one attached hydrogen (secondary N) is 1. The van der Waals surface area contributed by atoms with E-state index in [0.717, 1.165) is 16.7 Å². The van der Waals surface area contributed by atoms with Gasteiger partial charge in [-0.15, -0.1) is 0 Å². The van der Waals surface area contributed by atoms with Gasteiger partial charge in [0.1, 0.15) is 5.82 Å². The number of anilines is 1. The van der Waals surface area contributed by atoms with Gasteiger partial charge in [0.05, 0.1) is 12.8 Å². The molecule has 0 aromatic heterocycles. The van der Waals surface area contributed by atoms with E-state index >= 15 is 0 Å². The van der Waals surface area contributed by atoms with Crippen molar-refractivity contribution in [3.8, 4) is 5.75 Å².